The number of methoxy groups -OCH3 is 1. The first kappa shape index (κ1) is 8.92. The molecule has 0 aromatic carbocycles. The van der Waals surface area contributed by atoms with Gasteiger partial charge in [0.1, 0.15) is 0 Å². The van der Waals surface area contributed by atoms with Crippen molar-refractivity contribution >= 4 is 5.97 Å². The van der Waals surface area contributed by atoms with E-state index < -0.39 is 0 Å². The molecule has 0 bridgehead atoms. The summed E-state index contributed by atoms with van der Waals surface area (Å²) < 4.78 is 4.37. The summed E-state index contributed by atoms with van der Waals surface area (Å²) in [6.45, 7) is 0.775. The topological polar surface area (TPSA) is 62.1 Å². The van der Waals surface area contributed by atoms with E-state index in [9.17, 15) is 4.79 Å². The number of carbonyl (C=O) groups excluding carboxylic acids is 1. The quantitative estimate of drug-likeness (QED) is 0.331. The molecular formula is C6H10N2O2. The number of esters is 1. The summed E-state index contributed by atoms with van der Waals surface area (Å²) in [6.07, 6.45) is 0.318. The molecule has 56 valence electrons. The van der Waals surface area contributed by atoms with Crippen molar-refractivity contribution in [2.24, 2.45) is 0 Å². The van der Waals surface area contributed by atoms with Crippen LogP contribution in [0.1, 0.15) is 6.42 Å². The summed E-state index contributed by atoms with van der Waals surface area (Å²) in [5.74, 6) is -0.259. The lowest BCUT2D eigenvalue weighted by Crippen LogP contribution is -2.18. The number of nitrogens with one attached hydrogen (secondary N) is 1. The van der Waals surface area contributed by atoms with Gasteiger partial charge in [-0.15, -0.1) is 0 Å². The van der Waals surface area contributed by atoms with Crippen LogP contribution in [-0.4, -0.2) is 26.2 Å². The van der Waals surface area contributed by atoms with Crippen molar-refractivity contribution < 1.29 is 9.53 Å². The minimum atomic E-state index is -0.259. The van der Waals surface area contributed by atoms with Crippen molar-refractivity contribution in [1.82, 2.24) is 5.32 Å². The van der Waals surface area contributed by atoms with Crippen LogP contribution in [0.5, 0.6) is 0 Å². The molecule has 0 aliphatic rings. The number of ether oxygens (including phenoxy) is 1. The van der Waals surface area contributed by atoms with Gasteiger partial charge >= 0.3 is 5.97 Å². The van der Waals surface area contributed by atoms with Crippen molar-refractivity contribution in [2.45, 2.75) is 6.42 Å². The van der Waals surface area contributed by atoms with E-state index in [0.29, 0.717) is 13.0 Å². The fraction of sp³-hybridized carbons (Fsp3) is 0.667. The highest BCUT2D eigenvalue weighted by Gasteiger charge is 1.96. The Bertz CT molecular complexity index is 139. The molecule has 0 heterocycles. The van der Waals surface area contributed by atoms with Gasteiger partial charge in [0.05, 0.1) is 26.1 Å². The molecule has 0 aromatic heterocycles. The average molecular weight is 142 g/mol. The van der Waals surface area contributed by atoms with Crippen molar-refractivity contribution in [3.05, 3.63) is 0 Å². The predicted octanol–water partition coefficient (Wildman–Crippen LogP) is -0.337. The lowest BCUT2D eigenvalue weighted by molar-refractivity contribution is -0.140. The normalized spacial score (nSPS) is 8.40. The van der Waals surface area contributed by atoms with Crippen LogP contribution in [0.2, 0.25) is 0 Å². The third kappa shape index (κ3) is 5.06. The minimum Gasteiger partial charge on any atom is -0.469 e. The summed E-state index contributed by atoms with van der Waals surface area (Å²) in [5, 5.41) is 10.8. The molecule has 0 saturated carbocycles. The number of carbonyl (C=O) groups is 1. The van der Waals surface area contributed by atoms with E-state index in [1.165, 1.54) is 7.11 Å². The van der Waals surface area contributed by atoms with E-state index >= 15 is 0 Å². The highest BCUT2D eigenvalue weighted by Crippen LogP contribution is 1.79. The van der Waals surface area contributed by atoms with Crippen molar-refractivity contribution in [3.8, 4) is 6.07 Å². The van der Waals surface area contributed by atoms with Crippen LogP contribution in [0, 0.1) is 11.3 Å². The van der Waals surface area contributed by atoms with E-state index in [1.54, 1.807) is 0 Å². The Labute approximate surface area is 59.8 Å². The van der Waals surface area contributed by atoms with Gasteiger partial charge in [0.25, 0.3) is 0 Å². The van der Waals surface area contributed by atoms with Crippen LogP contribution < -0.4 is 5.32 Å². The first-order valence-electron chi connectivity index (χ1n) is 2.95. The van der Waals surface area contributed by atoms with Crippen molar-refractivity contribution in [3.63, 3.8) is 0 Å². The van der Waals surface area contributed by atoms with Crippen molar-refractivity contribution in [2.75, 3.05) is 20.2 Å². The van der Waals surface area contributed by atoms with E-state index in [1.807, 2.05) is 6.07 Å². The number of nitriles is 1. The molecule has 1 N–H and O–H groups in total. The van der Waals surface area contributed by atoms with E-state index in [2.05, 4.69) is 10.1 Å². The van der Waals surface area contributed by atoms with E-state index in [4.69, 9.17) is 5.26 Å². The van der Waals surface area contributed by atoms with E-state index in [-0.39, 0.29) is 12.5 Å². The molecule has 0 radical (unpaired) electrons. The monoisotopic (exact) mass is 142 g/mol. The second-order valence-corrected chi connectivity index (χ2v) is 1.66. The maximum Gasteiger partial charge on any atom is 0.306 e. The summed E-state index contributed by atoms with van der Waals surface area (Å²) in [5.41, 5.74) is 0. The Balaban J connectivity index is 3.05. The molecule has 0 aromatic rings. The molecule has 0 atom stereocenters. The zero-order valence-corrected chi connectivity index (χ0v) is 5.89. The number of rotatable bonds is 4. The van der Waals surface area contributed by atoms with E-state index in [0.717, 1.165) is 0 Å². The second kappa shape index (κ2) is 6.05. The molecule has 0 spiro atoms. The summed E-state index contributed by atoms with van der Waals surface area (Å²) in [4.78, 5) is 10.4. The fourth-order valence-electron chi connectivity index (χ4n) is 0.437. The van der Waals surface area contributed by atoms with Crippen LogP contribution in [0.25, 0.3) is 0 Å². The Morgan fingerprint density at radius 3 is 3.00 bits per heavy atom. The maximum atomic E-state index is 10.4. The smallest absolute Gasteiger partial charge is 0.306 e. The third-order valence-electron chi connectivity index (χ3n) is 0.938. The summed E-state index contributed by atoms with van der Waals surface area (Å²) in [6, 6.07) is 1.90. The first-order chi connectivity index (χ1) is 4.81. The molecule has 0 aliphatic heterocycles. The van der Waals surface area contributed by atoms with Gasteiger partial charge in [-0.05, 0) is 0 Å². The van der Waals surface area contributed by atoms with Gasteiger partial charge in [-0.2, -0.15) is 5.26 Å². The molecule has 0 aliphatic carbocycles. The summed E-state index contributed by atoms with van der Waals surface area (Å²) in [7, 11) is 1.34. The van der Waals surface area contributed by atoms with Crippen LogP contribution in [0.3, 0.4) is 0 Å². The Hall–Kier alpha value is -1.08. The third-order valence-corrected chi connectivity index (χ3v) is 0.938. The van der Waals surface area contributed by atoms with Gasteiger partial charge in [0.15, 0.2) is 0 Å². The van der Waals surface area contributed by atoms with Crippen LogP contribution >= 0.6 is 0 Å². The molecule has 4 nitrogen and oxygen atoms in total. The Kier molecular flexibility index (Phi) is 5.39. The molecule has 10 heavy (non-hydrogen) atoms. The zero-order valence-electron chi connectivity index (χ0n) is 5.89. The minimum absolute atomic E-state index is 0.259. The molecule has 0 unspecified atom stereocenters. The number of hydrogen-bond donors (Lipinski definition) is 1. The molecule has 0 saturated heterocycles. The highest BCUT2D eigenvalue weighted by atomic mass is 16.5. The first-order valence-corrected chi connectivity index (χ1v) is 2.95. The Morgan fingerprint density at radius 2 is 2.50 bits per heavy atom. The van der Waals surface area contributed by atoms with Crippen LogP contribution in [0.4, 0.5) is 0 Å². The van der Waals surface area contributed by atoms with Crippen LogP contribution in [0.15, 0.2) is 0 Å². The fourth-order valence-corrected chi connectivity index (χ4v) is 0.437. The largest absolute Gasteiger partial charge is 0.469 e. The highest BCUT2D eigenvalue weighted by molar-refractivity contribution is 5.69. The molecule has 0 rings (SSSR count). The standard InChI is InChI=1S/C6H10N2O2/c1-10-6(9)2-4-8-5-3-7/h8H,2,4-5H2,1H3. The maximum absolute atomic E-state index is 10.4. The average Bonchev–Trinajstić information content (AvgIpc) is 1.98. The summed E-state index contributed by atoms with van der Waals surface area (Å²) >= 11 is 0. The van der Waals surface area contributed by atoms with Crippen molar-refractivity contribution in [1.29, 1.82) is 5.26 Å². The van der Waals surface area contributed by atoms with Gasteiger partial charge < -0.3 is 10.1 Å². The lowest BCUT2D eigenvalue weighted by Gasteiger charge is -1.97. The Morgan fingerprint density at radius 1 is 1.80 bits per heavy atom. The van der Waals surface area contributed by atoms with Gasteiger partial charge in [-0.1, -0.05) is 0 Å². The molecular weight excluding hydrogens is 132 g/mol. The molecule has 4 heteroatoms. The zero-order chi connectivity index (χ0) is 7.82. The van der Waals surface area contributed by atoms with Crippen LogP contribution in [-0.2, 0) is 9.53 Å². The van der Waals surface area contributed by atoms with Gasteiger partial charge in [-0.25, -0.2) is 0 Å². The molecule has 0 amide bonds. The van der Waals surface area contributed by atoms with Gasteiger partial charge in [0.2, 0.25) is 0 Å². The van der Waals surface area contributed by atoms with Gasteiger partial charge in [0, 0.05) is 6.54 Å². The second-order valence-electron chi connectivity index (χ2n) is 1.66. The number of nitrogens with zero attached hydrogens (tertiary/aromatic N) is 1. The lowest BCUT2D eigenvalue weighted by atomic mass is 10.4. The molecule has 0 fully saturated rings. The van der Waals surface area contributed by atoms with Gasteiger partial charge in [-0.3, -0.25) is 4.79 Å². The predicted molar refractivity (Wildman–Crippen MR) is 35.1 cm³/mol. The SMILES string of the molecule is COC(=O)CCNCC#N. The number of hydrogen-bond acceptors (Lipinski definition) is 4.